The highest BCUT2D eigenvalue weighted by molar-refractivity contribution is 5.97. The van der Waals surface area contributed by atoms with Crippen molar-refractivity contribution in [2.45, 2.75) is 13.0 Å². The molecule has 0 unspecified atom stereocenters. The van der Waals surface area contributed by atoms with Gasteiger partial charge in [-0.1, -0.05) is 6.07 Å². The summed E-state index contributed by atoms with van der Waals surface area (Å²) in [6.07, 6.45) is 0.450. The van der Waals surface area contributed by atoms with Gasteiger partial charge in [0, 0.05) is 17.8 Å². The third-order valence-electron chi connectivity index (χ3n) is 2.48. The zero-order valence-electron chi connectivity index (χ0n) is 7.91. The molecule has 1 aromatic carbocycles. The number of nitrogens with two attached hydrogens (primary N) is 1. The Balaban J connectivity index is 2.40. The molecule has 1 amide bonds. The highest BCUT2D eigenvalue weighted by Gasteiger charge is 2.29. The molecule has 0 bridgehead atoms. The van der Waals surface area contributed by atoms with Gasteiger partial charge in [-0.05, 0) is 24.1 Å². The van der Waals surface area contributed by atoms with E-state index in [1.54, 1.807) is 12.1 Å². The third kappa shape index (κ3) is 1.65. The number of hydrogen-bond acceptors (Lipinski definition) is 2. The van der Waals surface area contributed by atoms with Gasteiger partial charge in [-0.15, -0.1) is 0 Å². The molecule has 15 heavy (non-hydrogen) atoms. The van der Waals surface area contributed by atoms with Crippen LogP contribution in [0.15, 0.2) is 18.2 Å². The van der Waals surface area contributed by atoms with Crippen LogP contribution >= 0.6 is 0 Å². The van der Waals surface area contributed by atoms with Crippen LogP contribution in [0, 0.1) is 0 Å². The maximum absolute atomic E-state index is 12.4. The van der Waals surface area contributed by atoms with E-state index >= 15 is 0 Å². The van der Waals surface area contributed by atoms with Crippen LogP contribution in [0.25, 0.3) is 0 Å². The predicted molar refractivity (Wildman–Crippen MR) is 51.6 cm³/mol. The molecule has 0 saturated heterocycles. The van der Waals surface area contributed by atoms with E-state index in [4.69, 9.17) is 5.73 Å². The molecule has 2 rings (SSSR count). The largest absolute Gasteiger partial charge is 0.399 e. The fourth-order valence-electron chi connectivity index (χ4n) is 1.69. The van der Waals surface area contributed by atoms with Gasteiger partial charge in [0.25, 0.3) is 5.91 Å². The maximum Gasteiger partial charge on any atom is 0.317 e. The van der Waals surface area contributed by atoms with Gasteiger partial charge in [0.2, 0.25) is 0 Å². The first-order chi connectivity index (χ1) is 7.09. The zero-order valence-corrected chi connectivity index (χ0v) is 7.91. The minimum Gasteiger partial charge on any atom is -0.399 e. The Morgan fingerprint density at radius 3 is 2.80 bits per heavy atom. The van der Waals surface area contributed by atoms with Gasteiger partial charge in [-0.3, -0.25) is 9.69 Å². The molecular formula is C10H10F2N2O. The number of halogens is 2. The van der Waals surface area contributed by atoms with Crippen LogP contribution in [0.5, 0.6) is 0 Å². The van der Waals surface area contributed by atoms with Gasteiger partial charge in [0.05, 0.1) is 0 Å². The highest BCUT2D eigenvalue weighted by atomic mass is 19.3. The molecule has 5 heteroatoms. The Labute approximate surface area is 85.5 Å². The van der Waals surface area contributed by atoms with E-state index in [-0.39, 0.29) is 6.54 Å². The van der Waals surface area contributed by atoms with Crippen molar-refractivity contribution in [2.24, 2.45) is 0 Å². The SMILES string of the molecule is Nc1ccc2c(c1)C(=O)N(C(F)F)CC2. The lowest BCUT2D eigenvalue weighted by Gasteiger charge is -2.27. The number of hydrogen-bond donors (Lipinski definition) is 1. The number of alkyl halides is 2. The summed E-state index contributed by atoms with van der Waals surface area (Å²) in [4.78, 5) is 12.2. The molecule has 0 aliphatic carbocycles. The quantitative estimate of drug-likeness (QED) is 0.566. The van der Waals surface area contributed by atoms with Crippen LogP contribution in [0.4, 0.5) is 14.5 Å². The summed E-state index contributed by atoms with van der Waals surface area (Å²) in [5.74, 6) is -0.640. The van der Waals surface area contributed by atoms with Gasteiger partial charge in [0.15, 0.2) is 0 Å². The first kappa shape index (κ1) is 9.89. The van der Waals surface area contributed by atoms with Gasteiger partial charge >= 0.3 is 6.55 Å². The molecule has 1 aromatic rings. The van der Waals surface area contributed by atoms with Crippen LogP contribution in [-0.2, 0) is 6.42 Å². The van der Waals surface area contributed by atoms with Crippen molar-refractivity contribution >= 4 is 11.6 Å². The van der Waals surface area contributed by atoms with Crippen LogP contribution in [0.3, 0.4) is 0 Å². The van der Waals surface area contributed by atoms with E-state index in [2.05, 4.69) is 0 Å². The van der Waals surface area contributed by atoms with E-state index in [9.17, 15) is 13.6 Å². The van der Waals surface area contributed by atoms with Gasteiger partial charge in [-0.2, -0.15) is 8.78 Å². The summed E-state index contributed by atoms with van der Waals surface area (Å²) in [5.41, 5.74) is 7.00. The van der Waals surface area contributed by atoms with Crippen molar-refractivity contribution in [3.05, 3.63) is 29.3 Å². The lowest BCUT2D eigenvalue weighted by Crippen LogP contribution is -2.40. The summed E-state index contributed by atoms with van der Waals surface area (Å²) in [7, 11) is 0. The minimum absolute atomic E-state index is 0.0629. The Hall–Kier alpha value is -1.65. The third-order valence-corrected chi connectivity index (χ3v) is 2.48. The molecule has 0 aromatic heterocycles. The van der Waals surface area contributed by atoms with E-state index in [1.165, 1.54) is 6.07 Å². The van der Waals surface area contributed by atoms with Crippen LogP contribution in [0.1, 0.15) is 15.9 Å². The Morgan fingerprint density at radius 2 is 2.13 bits per heavy atom. The molecule has 0 spiro atoms. The van der Waals surface area contributed by atoms with Crippen molar-refractivity contribution in [3.8, 4) is 0 Å². The zero-order chi connectivity index (χ0) is 11.0. The Kier molecular flexibility index (Phi) is 2.30. The van der Waals surface area contributed by atoms with Crippen LogP contribution in [-0.4, -0.2) is 23.9 Å². The molecule has 3 nitrogen and oxygen atoms in total. The average molecular weight is 212 g/mol. The average Bonchev–Trinajstić information content (AvgIpc) is 2.19. The van der Waals surface area contributed by atoms with Crippen molar-refractivity contribution in [3.63, 3.8) is 0 Å². The molecule has 0 radical (unpaired) electrons. The summed E-state index contributed by atoms with van der Waals surface area (Å²) in [6, 6.07) is 4.84. The van der Waals surface area contributed by atoms with E-state index in [1.807, 2.05) is 0 Å². The number of anilines is 1. The molecule has 1 aliphatic rings. The Morgan fingerprint density at radius 1 is 1.40 bits per heavy atom. The number of amides is 1. The fourth-order valence-corrected chi connectivity index (χ4v) is 1.69. The van der Waals surface area contributed by atoms with Gasteiger partial charge < -0.3 is 5.73 Å². The number of carbonyl (C=O) groups excluding carboxylic acids is 1. The molecule has 0 fully saturated rings. The van der Waals surface area contributed by atoms with Crippen LogP contribution in [0.2, 0.25) is 0 Å². The molecule has 0 saturated carbocycles. The summed E-state index contributed by atoms with van der Waals surface area (Å²) >= 11 is 0. The van der Waals surface area contributed by atoms with Crippen molar-refractivity contribution < 1.29 is 13.6 Å². The second kappa shape index (κ2) is 3.49. The summed E-state index contributed by atoms with van der Waals surface area (Å²) < 4.78 is 24.9. The molecule has 1 aliphatic heterocycles. The number of fused-ring (bicyclic) bond motifs is 1. The van der Waals surface area contributed by atoms with Crippen LogP contribution < -0.4 is 5.73 Å². The van der Waals surface area contributed by atoms with Crippen molar-refractivity contribution in [1.82, 2.24) is 4.90 Å². The standard InChI is InChI=1S/C10H10F2N2O/c11-10(12)14-4-3-6-1-2-7(13)5-8(6)9(14)15/h1-2,5,10H,3-4,13H2. The van der Waals surface area contributed by atoms with Gasteiger partial charge in [0.1, 0.15) is 0 Å². The van der Waals surface area contributed by atoms with E-state index in [0.29, 0.717) is 22.6 Å². The minimum atomic E-state index is -2.74. The van der Waals surface area contributed by atoms with Crippen molar-refractivity contribution in [1.29, 1.82) is 0 Å². The normalized spacial score (nSPS) is 15.7. The lowest BCUT2D eigenvalue weighted by atomic mass is 9.99. The molecule has 0 atom stereocenters. The summed E-state index contributed by atoms with van der Waals surface area (Å²) in [6.45, 7) is -2.68. The second-order valence-corrected chi connectivity index (χ2v) is 3.44. The van der Waals surface area contributed by atoms with E-state index < -0.39 is 12.5 Å². The number of nitrogen functional groups attached to an aromatic ring is 1. The fraction of sp³-hybridized carbons (Fsp3) is 0.300. The molecular weight excluding hydrogens is 202 g/mol. The van der Waals surface area contributed by atoms with Crippen molar-refractivity contribution in [2.75, 3.05) is 12.3 Å². The first-order valence-corrected chi connectivity index (χ1v) is 4.57. The van der Waals surface area contributed by atoms with Gasteiger partial charge in [-0.25, -0.2) is 0 Å². The lowest BCUT2D eigenvalue weighted by molar-refractivity contribution is -0.0160. The first-order valence-electron chi connectivity index (χ1n) is 4.57. The second-order valence-electron chi connectivity index (χ2n) is 3.44. The number of carbonyl (C=O) groups is 1. The Bertz CT molecular complexity index is 406. The number of benzene rings is 1. The maximum atomic E-state index is 12.4. The smallest absolute Gasteiger partial charge is 0.317 e. The predicted octanol–water partition coefficient (Wildman–Crippen LogP) is 1.49. The number of nitrogens with zero attached hydrogens (tertiary/aromatic N) is 1. The molecule has 80 valence electrons. The highest BCUT2D eigenvalue weighted by Crippen LogP contribution is 2.23. The van der Waals surface area contributed by atoms with E-state index in [0.717, 1.165) is 5.56 Å². The molecule has 1 heterocycles. The number of rotatable bonds is 1. The topological polar surface area (TPSA) is 46.3 Å². The monoisotopic (exact) mass is 212 g/mol. The summed E-state index contributed by atoms with van der Waals surface area (Å²) in [5, 5.41) is 0. The molecule has 2 N–H and O–H groups in total.